The molecule has 1 fully saturated rings. The minimum atomic E-state index is -4.44. The van der Waals surface area contributed by atoms with Crippen LogP contribution in [0.15, 0.2) is 18.2 Å². The number of amides is 2. The molecule has 1 heterocycles. The predicted molar refractivity (Wildman–Crippen MR) is 71.5 cm³/mol. The normalized spacial score (nSPS) is 15.6. The van der Waals surface area contributed by atoms with Gasteiger partial charge < -0.3 is 14.5 Å². The van der Waals surface area contributed by atoms with E-state index in [-0.39, 0.29) is 22.9 Å². The van der Waals surface area contributed by atoms with Gasteiger partial charge in [-0.2, -0.15) is 13.2 Å². The summed E-state index contributed by atoms with van der Waals surface area (Å²) < 4.78 is 43.0. The number of ether oxygens (including phenoxy) is 1. The zero-order valence-electron chi connectivity index (χ0n) is 11.4. The number of benzene rings is 1. The second kappa shape index (κ2) is 5.63. The molecule has 1 aromatic rings. The van der Waals surface area contributed by atoms with Crippen LogP contribution in [-0.4, -0.2) is 49.1 Å². The summed E-state index contributed by atoms with van der Waals surface area (Å²) in [4.78, 5) is 14.6. The fourth-order valence-electron chi connectivity index (χ4n) is 1.90. The number of rotatable bonds is 2. The van der Waals surface area contributed by atoms with Crippen molar-refractivity contribution in [1.29, 1.82) is 0 Å². The van der Waals surface area contributed by atoms with Gasteiger partial charge >= 0.3 is 12.2 Å². The van der Waals surface area contributed by atoms with Crippen LogP contribution in [0.4, 0.5) is 18.0 Å². The maximum absolute atomic E-state index is 12.5. The number of carbonyl (C=O) groups excluding carboxylic acids is 1. The first kappa shape index (κ1) is 15.8. The summed E-state index contributed by atoms with van der Waals surface area (Å²) in [7, 11) is 3.28. The van der Waals surface area contributed by atoms with E-state index in [9.17, 15) is 18.0 Å². The van der Waals surface area contributed by atoms with Crippen molar-refractivity contribution in [1.82, 2.24) is 9.80 Å². The van der Waals surface area contributed by atoms with Crippen LogP contribution in [0.25, 0.3) is 0 Å². The van der Waals surface area contributed by atoms with Crippen LogP contribution in [0.5, 0.6) is 5.75 Å². The van der Waals surface area contributed by atoms with Gasteiger partial charge in [0.25, 0.3) is 0 Å². The van der Waals surface area contributed by atoms with Crippen molar-refractivity contribution >= 4 is 17.6 Å². The van der Waals surface area contributed by atoms with Crippen molar-refractivity contribution in [2.24, 2.45) is 0 Å². The third-order valence-electron chi connectivity index (χ3n) is 3.05. The Labute approximate surface area is 125 Å². The van der Waals surface area contributed by atoms with Crippen molar-refractivity contribution in [3.05, 3.63) is 28.8 Å². The minimum Gasteiger partial charge on any atom is -0.485 e. The molecule has 1 saturated heterocycles. The molecule has 2 amide bonds. The Bertz CT molecular complexity index is 543. The quantitative estimate of drug-likeness (QED) is 0.838. The number of halogens is 4. The largest absolute Gasteiger partial charge is 0.485 e. The fourth-order valence-corrected chi connectivity index (χ4v) is 2.13. The first-order chi connectivity index (χ1) is 9.68. The molecule has 21 heavy (non-hydrogen) atoms. The first-order valence-electron chi connectivity index (χ1n) is 6.18. The standard InChI is InChI=1S/C13H14ClF3N2O2/c1-18(2)12(20)19-6-9(7-19)21-11-4-3-8(5-10(11)14)13(15,16)17/h3-5,9H,6-7H2,1-2H3. The van der Waals surface area contributed by atoms with Crippen LogP contribution in [-0.2, 0) is 6.18 Å². The van der Waals surface area contributed by atoms with Crippen LogP contribution in [0, 0.1) is 0 Å². The summed E-state index contributed by atoms with van der Waals surface area (Å²) in [5.41, 5.74) is -0.821. The molecule has 4 nitrogen and oxygen atoms in total. The molecule has 1 aliphatic heterocycles. The molecular formula is C13H14ClF3N2O2. The number of hydrogen-bond acceptors (Lipinski definition) is 2. The maximum atomic E-state index is 12.5. The Morgan fingerprint density at radius 3 is 2.48 bits per heavy atom. The highest BCUT2D eigenvalue weighted by atomic mass is 35.5. The highest BCUT2D eigenvalue weighted by molar-refractivity contribution is 6.32. The molecule has 1 aromatic carbocycles. The smallest absolute Gasteiger partial charge is 0.416 e. The summed E-state index contributed by atoms with van der Waals surface area (Å²) in [5, 5.41) is -0.0952. The Hall–Kier alpha value is -1.63. The maximum Gasteiger partial charge on any atom is 0.416 e. The van der Waals surface area contributed by atoms with E-state index in [1.807, 2.05) is 0 Å². The molecule has 0 bridgehead atoms. The molecule has 0 atom stereocenters. The highest BCUT2D eigenvalue weighted by Crippen LogP contribution is 2.35. The molecule has 0 aliphatic carbocycles. The minimum absolute atomic E-state index is 0.0952. The van der Waals surface area contributed by atoms with Gasteiger partial charge in [-0.15, -0.1) is 0 Å². The zero-order chi connectivity index (χ0) is 15.8. The summed E-state index contributed by atoms with van der Waals surface area (Å²) in [6.45, 7) is 0.767. The lowest BCUT2D eigenvalue weighted by molar-refractivity contribution is -0.137. The van der Waals surface area contributed by atoms with Crippen molar-refractivity contribution < 1.29 is 22.7 Å². The van der Waals surface area contributed by atoms with E-state index >= 15 is 0 Å². The second-order valence-corrected chi connectivity index (χ2v) is 5.37. The van der Waals surface area contributed by atoms with Gasteiger partial charge in [-0.25, -0.2) is 4.79 Å². The van der Waals surface area contributed by atoms with Gasteiger partial charge in [0.15, 0.2) is 0 Å². The topological polar surface area (TPSA) is 32.8 Å². The summed E-state index contributed by atoms with van der Waals surface area (Å²) >= 11 is 5.80. The summed E-state index contributed by atoms with van der Waals surface area (Å²) in [5.74, 6) is 0.187. The molecular weight excluding hydrogens is 309 g/mol. The number of hydrogen-bond donors (Lipinski definition) is 0. The van der Waals surface area contributed by atoms with Crippen LogP contribution >= 0.6 is 11.6 Å². The lowest BCUT2D eigenvalue weighted by Gasteiger charge is -2.40. The van der Waals surface area contributed by atoms with Crippen molar-refractivity contribution in [3.63, 3.8) is 0 Å². The Morgan fingerprint density at radius 2 is 2.00 bits per heavy atom. The van der Waals surface area contributed by atoms with Crippen LogP contribution in [0.1, 0.15) is 5.56 Å². The van der Waals surface area contributed by atoms with Crippen LogP contribution in [0.3, 0.4) is 0 Å². The highest BCUT2D eigenvalue weighted by Gasteiger charge is 2.34. The molecule has 0 unspecified atom stereocenters. The predicted octanol–water partition coefficient (Wildman–Crippen LogP) is 3.10. The number of nitrogens with zero attached hydrogens (tertiary/aromatic N) is 2. The molecule has 116 valence electrons. The lowest BCUT2D eigenvalue weighted by atomic mass is 10.1. The van der Waals surface area contributed by atoms with Crippen LogP contribution in [0.2, 0.25) is 5.02 Å². The third-order valence-corrected chi connectivity index (χ3v) is 3.35. The molecule has 1 aliphatic rings. The van der Waals surface area contributed by atoms with Gasteiger partial charge in [0.2, 0.25) is 0 Å². The number of likely N-dealkylation sites (tertiary alicyclic amines) is 1. The van der Waals surface area contributed by atoms with Crippen molar-refractivity contribution in [2.75, 3.05) is 27.2 Å². The zero-order valence-corrected chi connectivity index (χ0v) is 12.2. The average molecular weight is 323 g/mol. The molecule has 0 aromatic heterocycles. The Kier molecular flexibility index (Phi) is 4.22. The molecule has 8 heteroatoms. The lowest BCUT2D eigenvalue weighted by Crippen LogP contribution is -2.58. The van der Waals surface area contributed by atoms with Crippen molar-refractivity contribution in [3.8, 4) is 5.75 Å². The van der Waals surface area contributed by atoms with Crippen LogP contribution < -0.4 is 4.74 Å². The van der Waals surface area contributed by atoms with E-state index in [4.69, 9.17) is 16.3 Å². The summed E-state index contributed by atoms with van der Waals surface area (Å²) in [6, 6.07) is 2.82. The number of alkyl halides is 3. The van der Waals surface area contributed by atoms with Gasteiger partial charge in [-0.1, -0.05) is 11.6 Å². The first-order valence-corrected chi connectivity index (χ1v) is 6.56. The van der Waals surface area contributed by atoms with E-state index in [1.165, 1.54) is 11.0 Å². The number of urea groups is 1. The Morgan fingerprint density at radius 1 is 1.38 bits per heavy atom. The van der Waals surface area contributed by atoms with E-state index in [1.54, 1.807) is 19.0 Å². The van der Waals surface area contributed by atoms with Gasteiger partial charge in [-0.05, 0) is 18.2 Å². The fraction of sp³-hybridized carbons (Fsp3) is 0.462. The monoisotopic (exact) mass is 322 g/mol. The van der Waals surface area contributed by atoms with Gasteiger partial charge in [0.1, 0.15) is 11.9 Å². The Balaban J connectivity index is 1.95. The molecule has 0 saturated carbocycles. The molecule has 0 radical (unpaired) electrons. The molecule has 0 spiro atoms. The SMILES string of the molecule is CN(C)C(=O)N1CC(Oc2ccc(C(F)(F)F)cc2Cl)C1. The van der Waals surface area contributed by atoms with E-state index in [2.05, 4.69) is 0 Å². The van der Waals surface area contributed by atoms with Gasteiger partial charge in [0.05, 0.1) is 23.7 Å². The molecule has 2 rings (SSSR count). The second-order valence-electron chi connectivity index (χ2n) is 4.96. The van der Waals surface area contributed by atoms with E-state index in [0.29, 0.717) is 13.1 Å². The van der Waals surface area contributed by atoms with E-state index < -0.39 is 11.7 Å². The third kappa shape index (κ3) is 3.53. The number of carbonyl (C=O) groups is 1. The van der Waals surface area contributed by atoms with Gasteiger partial charge in [-0.3, -0.25) is 0 Å². The van der Waals surface area contributed by atoms with Crippen molar-refractivity contribution in [2.45, 2.75) is 12.3 Å². The summed E-state index contributed by atoms with van der Waals surface area (Å²) in [6.07, 6.45) is -4.70. The van der Waals surface area contributed by atoms with Gasteiger partial charge in [0, 0.05) is 14.1 Å². The molecule has 0 N–H and O–H groups in total. The average Bonchev–Trinajstić information content (AvgIpc) is 2.32. The van der Waals surface area contributed by atoms with E-state index in [0.717, 1.165) is 12.1 Å².